The Morgan fingerprint density at radius 1 is 1.14 bits per heavy atom. The molecule has 3 rings (SSSR count). The van der Waals surface area contributed by atoms with E-state index in [0.717, 1.165) is 71.6 Å². The molecule has 0 radical (unpaired) electrons. The average Bonchev–Trinajstić information content (AvgIpc) is 3.20. The maximum Gasteiger partial charge on any atom is 0.237 e. The number of nitrogens with zero attached hydrogens (tertiary/aromatic N) is 2. The fraction of sp³-hybridized carbons (Fsp3) is 0.696. The Labute approximate surface area is 170 Å². The molecule has 2 aliphatic rings. The molecule has 2 atom stereocenters. The number of carbonyl (C=O) groups excluding carboxylic acids is 1. The van der Waals surface area contributed by atoms with Gasteiger partial charge in [0.1, 0.15) is 0 Å². The molecule has 2 saturated heterocycles. The highest BCUT2D eigenvalue weighted by Crippen LogP contribution is 2.22. The van der Waals surface area contributed by atoms with Crippen molar-refractivity contribution < 1.29 is 9.53 Å². The van der Waals surface area contributed by atoms with Crippen molar-refractivity contribution in [2.24, 2.45) is 5.92 Å². The number of nitrogens with one attached hydrogen (secondary N) is 1. The summed E-state index contributed by atoms with van der Waals surface area (Å²) in [5, 5.41) is 3.32. The summed E-state index contributed by atoms with van der Waals surface area (Å²) < 4.78 is 5.54. The number of benzene rings is 1. The van der Waals surface area contributed by atoms with Crippen molar-refractivity contribution in [3.63, 3.8) is 0 Å². The number of hydrogen-bond donors (Lipinski definition) is 1. The minimum atomic E-state index is 0.00671. The molecule has 1 N–H and O–H groups in total. The average molecular weight is 388 g/mol. The van der Waals surface area contributed by atoms with Gasteiger partial charge in [-0.2, -0.15) is 0 Å². The van der Waals surface area contributed by atoms with Crippen LogP contribution in [0.4, 0.5) is 0 Å². The van der Waals surface area contributed by atoms with E-state index in [2.05, 4.69) is 53.2 Å². The number of hydrogen-bond acceptors (Lipinski definition) is 4. The molecule has 0 bridgehead atoms. The van der Waals surface area contributed by atoms with Gasteiger partial charge in [-0.3, -0.25) is 14.6 Å². The van der Waals surface area contributed by atoms with Gasteiger partial charge >= 0.3 is 0 Å². The van der Waals surface area contributed by atoms with Gasteiger partial charge in [-0.1, -0.05) is 57.0 Å². The smallest absolute Gasteiger partial charge is 0.237 e. The monoisotopic (exact) mass is 387 g/mol. The predicted octanol–water partition coefficient (Wildman–Crippen LogP) is 2.90. The van der Waals surface area contributed by atoms with Crippen LogP contribution in [0.15, 0.2) is 30.3 Å². The number of ether oxygens (including phenoxy) is 1. The summed E-state index contributed by atoms with van der Waals surface area (Å²) in [6, 6.07) is 10.9. The van der Waals surface area contributed by atoms with Crippen LogP contribution >= 0.6 is 0 Å². The minimum absolute atomic E-state index is 0.00671. The third-order valence-corrected chi connectivity index (χ3v) is 6.49. The maximum absolute atomic E-state index is 13.0. The van der Waals surface area contributed by atoms with E-state index in [4.69, 9.17) is 4.74 Å². The van der Waals surface area contributed by atoms with Crippen molar-refractivity contribution in [3.05, 3.63) is 35.9 Å². The number of morpholine rings is 1. The highest BCUT2D eigenvalue weighted by molar-refractivity contribution is 5.82. The van der Waals surface area contributed by atoms with E-state index in [1.54, 1.807) is 0 Å². The van der Waals surface area contributed by atoms with Crippen LogP contribution in [0.2, 0.25) is 0 Å². The third kappa shape index (κ3) is 5.56. The molecule has 1 aromatic carbocycles. The van der Waals surface area contributed by atoms with E-state index < -0.39 is 0 Å². The molecule has 0 spiro atoms. The lowest BCUT2D eigenvalue weighted by Gasteiger charge is -2.39. The van der Waals surface area contributed by atoms with Crippen LogP contribution in [0, 0.1) is 5.92 Å². The van der Waals surface area contributed by atoms with E-state index in [-0.39, 0.29) is 11.9 Å². The summed E-state index contributed by atoms with van der Waals surface area (Å²) in [5.41, 5.74) is 1.28. The van der Waals surface area contributed by atoms with E-state index in [1.807, 2.05) is 6.07 Å². The van der Waals surface area contributed by atoms with Crippen LogP contribution in [0.3, 0.4) is 0 Å². The van der Waals surface area contributed by atoms with Crippen LogP contribution in [-0.4, -0.2) is 67.2 Å². The van der Waals surface area contributed by atoms with Crippen LogP contribution in [0.25, 0.3) is 0 Å². The molecule has 2 unspecified atom stereocenters. The molecule has 0 aromatic heterocycles. The minimum Gasteiger partial charge on any atom is -0.379 e. The SMILES string of the molecule is CCC(CC)C(CNC(=O)C1CCCN1Cc1ccccc1)N1CCOCC1. The second-order valence-corrected chi connectivity index (χ2v) is 8.15. The van der Waals surface area contributed by atoms with Crippen molar-refractivity contribution in [1.29, 1.82) is 0 Å². The normalized spacial score (nSPS) is 22.5. The zero-order valence-electron chi connectivity index (χ0n) is 17.6. The summed E-state index contributed by atoms with van der Waals surface area (Å²) in [6.07, 6.45) is 4.37. The van der Waals surface area contributed by atoms with E-state index in [9.17, 15) is 4.79 Å². The quantitative estimate of drug-likeness (QED) is 0.708. The fourth-order valence-electron chi connectivity index (χ4n) is 4.79. The molecular formula is C23H37N3O2. The summed E-state index contributed by atoms with van der Waals surface area (Å²) in [4.78, 5) is 17.9. The predicted molar refractivity (Wildman–Crippen MR) is 113 cm³/mol. The van der Waals surface area contributed by atoms with Gasteiger partial charge in [0.25, 0.3) is 0 Å². The highest BCUT2D eigenvalue weighted by Gasteiger charge is 2.32. The third-order valence-electron chi connectivity index (χ3n) is 6.49. The van der Waals surface area contributed by atoms with Crippen LogP contribution in [0.5, 0.6) is 0 Å². The van der Waals surface area contributed by atoms with Gasteiger partial charge in [0, 0.05) is 32.2 Å². The van der Waals surface area contributed by atoms with Gasteiger partial charge in [-0.25, -0.2) is 0 Å². The molecule has 1 aromatic rings. The second kappa shape index (κ2) is 10.9. The van der Waals surface area contributed by atoms with Gasteiger partial charge in [-0.05, 0) is 30.9 Å². The van der Waals surface area contributed by atoms with Crippen LogP contribution in [-0.2, 0) is 16.1 Å². The Kier molecular flexibility index (Phi) is 8.31. The second-order valence-electron chi connectivity index (χ2n) is 8.15. The van der Waals surface area contributed by atoms with Crippen LogP contribution in [0.1, 0.15) is 45.1 Å². The first-order valence-corrected chi connectivity index (χ1v) is 11.1. The maximum atomic E-state index is 13.0. The standard InChI is InChI=1S/C23H37N3O2/c1-3-20(4-2)22(25-13-15-28-16-14-25)17-24-23(27)21-11-8-12-26(21)18-19-9-6-5-7-10-19/h5-7,9-10,20-22H,3-4,8,11-18H2,1-2H3,(H,24,27). The highest BCUT2D eigenvalue weighted by atomic mass is 16.5. The Morgan fingerprint density at radius 2 is 1.86 bits per heavy atom. The number of carbonyl (C=O) groups is 1. The summed E-state index contributed by atoms with van der Waals surface area (Å²) in [5.74, 6) is 0.819. The van der Waals surface area contributed by atoms with E-state index in [1.165, 1.54) is 5.56 Å². The molecule has 1 amide bonds. The Hall–Kier alpha value is -1.43. The summed E-state index contributed by atoms with van der Waals surface area (Å²) in [7, 11) is 0. The van der Waals surface area contributed by atoms with Gasteiger partial charge in [0.15, 0.2) is 0 Å². The number of amides is 1. The molecule has 2 heterocycles. The molecule has 28 heavy (non-hydrogen) atoms. The molecule has 0 saturated carbocycles. The Balaban J connectivity index is 1.58. The first-order chi connectivity index (χ1) is 13.7. The molecule has 2 aliphatic heterocycles. The number of likely N-dealkylation sites (tertiary alicyclic amines) is 1. The zero-order valence-corrected chi connectivity index (χ0v) is 17.6. The molecule has 0 aliphatic carbocycles. The largest absolute Gasteiger partial charge is 0.379 e. The molecule has 5 heteroatoms. The lowest BCUT2D eigenvalue weighted by Crippen LogP contribution is -2.53. The number of rotatable bonds is 9. The van der Waals surface area contributed by atoms with Gasteiger partial charge in [-0.15, -0.1) is 0 Å². The first-order valence-electron chi connectivity index (χ1n) is 11.1. The molecule has 156 valence electrons. The van der Waals surface area contributed by atoms with Crippen molar-refractivity contribution in [2.75, 3.05) is 39.4 Å². The van der Waals surface area contributed by atoms with Crippen molar-refractivity contribution in [2.45, 2.75) is 58.2 Å². The first kappa shape index (κ1) is 21.3. The van der Waals surface area contributed by atoms with Gasteiger partial charge in [0.05, 0.1) is 19.3 Å². The lowest BCUT2D eigenvalue weighted by molar-refractivity contribution is -0.126. The zero-order chi connectivity index (χ0) is 19.8. The van der Waals surface area contributed by atoms with Crippen molar-refractivity contribution >= 4 is 5.91 Å². The topological polar surface area (TPSA) is 44.8 Å². The van der Waals surface area contributed by atoms with E-state index >= 15 is 0 Å². The van der Waals surface area contributed by atoms with Gasteiger partial charge < -0.3 is 10.1 Å². The summed E-state index contributed by atoms with van der Waals surface area (Å²) >= 11 is 0. The molecule has 5 nitrogen and oxygen atoms in total. The Morgan fingerprint density at radius 3 is 2.54 bits per heavy atom. The van der Waals surface area contributed by atoms with Gasteiger partial charge in [0.2, 0.25) is 5.91 Å². The Bertz CT molecular complexity index is 585. The molecule has 2 fully saturated rings. The summed E-state index contributed by atoms with van der Waals surface area (Å²) in [6.45, 7) is 10.7. The van der Waals surface area contributed by atoms with E-state index in [0.29, 0.717) is 12.0 Å². The molecular weight excluding hydrogens is 350 g/mol. The lowest BCUT2D eigenvalue weighted by atomic mass is 9.92. The van der Waals surface area contributed by atoms with Crippen molar-refractivity contribution in [1.82, 2.24) is 15.1 Å². The van der Waals surface area contributed by atoms with Crippen LogP contribution < -0.4 is 5.32 Å². The van der Waals surface area contributed by atoms with Crippen molar-refractivity contribution in [3.8, 4) is 0 Å². The fourth-order valence-corrected chi connectivity index (χ4v) is 4.79.